The molecule has 3 aliphatic rings. The zero-order chi connectivity index (χ0) is 14.1. The van der Waals surface area contributed by atoms with E-state index >= 15 is 0 Å². The Bertz CT molecular complexity index is 526. The minimum atomic E-state index is -4.17. The highest BCUT2D eigenvalue weighted by atomic mass is 32.3. The highest BCUT2D eigenvalue weighted by molar-refractivity contribution is 7.81. The second-order valence-corrected chi connectivity index (χ2v) is 6.17. The maximum atomic E-state index is 11.4. The van der Waals surface area contributed by atoms with Crippen LogP contribution < -0.4 is 0 Å². The van der Waals surface area contributed by atoms with Crippen LogP contribution in [-0.4, -0.2) is 56.0 Å². The van der Waals surface area contributed by atoms with Gasteiger partial charge in [-0.25, -0.2) is 13.2 Å². The molecule has 0 radical (unpaired) electrons. The zero-order valence-corrected chi connectivity index (χ0v) is 10.9. The molecule has 3 aliphatic heterocycles. The highest BCUT2D eigenvalue weighted by Crippen LogP contribution is 2.48. The summed E-state index contributed by atoms with van der Waals surface area (Å²) in [7, 11) is -4.17. The van der Waals surface area contributed by atoms with Crippen molar-refractivity contribution in [3.05, 3.63) is 0 Å². The molecule has 0 aliphatic carbocycles. The van der Waals surface area contributed by atoms with E-state index in [2.05, 4.69) is 4.18 Å². The van der Waals surface area contributed by atoms with Crippen LogP contribution in [0.25, 0.3) is 0 Å². The summed E-state index contributed by atoms with van der Waals surface area (Å²) in [5, 5.41) is 9.31. The average molecular weight is 296 g/mol. The van der Waals surface area contributed by atoms with Crippen molar-refractivity contribution in [3.8, 4) is 0 Å². The predicted octanol–water partition coefficient (Wildman–Crippen LogP) is -1.02. The Morgan fingerprint density at radius 2 is 2.00 bits per heavy atom. The number of carboxylic acid groups (broad SMARTS) is 1. The normalized spacial score (nSPS) is 46.5. The van der Waals surface area contributed by atoms with E-state index in [9.17, 15) is 18.3 Å². The Hall–Kier alpha value is -0.780. The van der Waals surface area contributed by atoms with Gasteiger partial charge in [0.25, 0.3) is 0 Å². The molecule has 0 aromatic heterocycles. The van der Waals surface area contributed by atoms with Gasteiger partial charge in [-0.15, -0.1) is 0 Å². The van der Waals surface area contributed by atoms with Gasteiger partial charge in [-0.1, -0.05) is 0 Å². The van der Waals surface area contributed by atoms with Gasteiger partial charge in [0, 0.05) is 0 Å². The Balaban J connectivity index is 1.99. The molecule has 108 valence electrons. The van der Waals surface area contributed by atoms with Gasteiger partial charge in [-0.2, -0.15) is 8.42 Å². The number of fused-ring (bicyclic) bond motifs is 3. The molecule has 3 heterocycles. The molecular weight excluding hydrogens is 284 g/mol. The fourth-order valence-corrected chi connectivity index (χ4v) is 3.32. The van der Waals surface area contributed by atoms with E-state index < -0.39 is 46.3 Å². The van der Waals surface area contributed by atoms with E-state index in [1.807, 2.05) is 0 Å². The van der Waals surface area contributed by atoms with Crippen LogP contribution in [0.3, 0.4) is 0 Å². The molecule has 1 N–H and O–H groups in total. The summed E-state index contributed by atoms with van der Waals surface area (Å²) in [6, 6.07) is 0. The monoisotopic (exact) mass is 296 g/mol. The van der Waals surface area contributed by atoms with E-state index in [0.717, 1.165) is 0 Å². The summed E-state index contributed by atoms with van der Waals surface area (Å²) >= 11 is 0. The molecule has 4 atom stereocenters. The first-order valence-electron chi connectivity index (χ1n) is 5.52. The van der Waals surface area contributed by atoms with E-state index in [0.29, 0.717) is 0 Å². The van der Waals surface area contributed by atoms with E-state index in [-0.39, 0.29) is 6.61 Å². The lowest BCUT2D eigenvalue weighted by Gasteiger charge is -2.28. The lowest BCUT2D eigenvalue weighted by atomic mass is 10.1. The maximum absolute atomic E-state index is 11.4. The van der Waals surface area contributed by atoms with Gasteiger partial charge in [0.1, 0.15) is 12.2 Å². The third-order valence-electron chi connectivity index (χ3n) is 3.08. The summed E-state index contributed by atoms with van der Waals surface area (Å²) in [5.74, 6) is -4.71. The Kier molecular flexibility index (Phi) is 2.54. The van der Waals surface area contributed by atoms with Gasteiger partial charge < -0.3 is 19.3 Å². The van der Waals surface area contributed by atoms with Gasteiger partial charge >= 0.3 is 22.2 Å². The third-order valence-corrected chi connectivity index (χ3v) is 3.96. The molecular formula is C9H12O9S. The zero-order valence-electron chi connectivity index (χ0n) is 10.1. The predicted molar refractivity (Wildman–Crippen MR) is 55.0 cm³/mol. The molecule has 19 heavy (non-hydrogen) atoms. The van der Waals surface area contributed by atoms with Crippen molar-refractivity contribution in [2.24, 2.45) is 0 Å². The van der Waals surface area contributed by atoms with Gasteiger partial charge in [0.05, 0.1) is 6.61 Å². The molecule has 0 aromatic rings. The lowest BCUT2D eigenvalue weighted by molar-refractivity contribution is -0.266. The van der Waals surface area contributed by atoms with Crippen LogP contribution in [-0.2, 0) is 37.8 Å². The smallest absolute Gasteiger partial charge is 0.400 e. The number of carbonyl (C=O) groups is 1. The summed E-state index contributed by atoms with van der Waals surface area (Å²) in [6.07, 6.45) is -3.19. The van der Waals surface area contributed by atoms with Crippen LogP contribution in [0.5, 0.6) is 0 Å². The van der Waals surface area contributed by atoms with Crippen LogP contribution in [0.1, 0.15) is 13.8 Å². The number of hydrogen-bond donors (Lipinski definition) is 1. The fraction of sp³-hybridized carbons (Fsp3) is 0.889. The van der Waals surface area contributed by atoms with Crippen LogP contribution in [0, 0.1) is 0 Å². The molecule has 0 saturated carbocycles. The molecule has 0 bridgehead atoms. The molecule has 9 nitrogen and oxygen atoms in total. The summed E-state index contributed by atoms with van der Waals surface area (Å²) in [4.78, 5) is 11.4. The number of ether oxygens (including phenoxy) is 3. The van der Waals surface area contributed by atoms with E-state index in [1.165, 1.54) is 13.8 Å². The lowest BCUT2D eigenvalue weighted by Crippen LogP contribution is -2.48. The number of carboxylic acids is 1. The van der Waals surface area contributed by atoms with Crippen LogP contribution >= 0.6 is 0 Å². The van der Waals surface area contributed by atoms with Gasteiger partial charge in [-0.05, 0) is 13.8 Å². The summed E-state index contributed by atoms with van der Waals surface area (Å²) in [5.41, 5.74) is 0. The molecule has 0 spiro atoms. The minimum Gasteiger partial charge on any atom is -0.477 e. The fourth-order valence-electron chi connectivity index (χ4n) is 2.46. The molecule has 0 aromatic carbocycles. The Labute approximate surface area is 108 Å². The third kappa shape index (κ3) is 1.87. The minimum absolute atomic E-state index is 0.342. The van der Waals surface area contributed by atoms with Crippen molar-refractivity contribution < 1.29 is 40.9 Å². The molecule has 0 unspecified atom stereocenters. The largest absolute Gasteiger partial charge is 0.477 e. The first-order valence-corrected chi connectivity index (χ1v) is 6.85. The van der Waals surface area contributed by atoms with Gasteiger partial charge in [0.2, 0.25) is 0 Å². The summed E-state index contributed by atoms with van der Waals surface area (Å²) < 4.78 is 47.8. The maximum Gasteiger partial charge on any atom is 0.400 e. The Morgan fingerprint density at radius 1 is 1.32 bits per heavy atom. The number of rotatable bonds is 1. The number of aliphatic carboxylic acids is 1. The van der Waals surface area contributed by atoms with E-state index in [4.69, 9.17) is 18.4 Å². The second-order valence-electron chi connectivity index (χ2n) is 4.92. The molecule has 3 rings (SSSR count). The van der Waals surface area contributed by atoms with Crippen LogP contribution in [0.2, 0.25) is 0 Å². The van der Waals surface area contributed by atoms with Crippen molar-refractivity contribution >= 4 is 16.4 Å². The topological polar surface area (TPSA) is 118 Å². The Morgan fingerprint density at radius 3 is 2.63 bits per heavy atom. The van der Waals surface area contributed by atoms with Gasteiger partial charge in [0.15, 0.2) is 11.9 Å². The molecule has 3 saturated heterocycles. The summed E-state index contributed by atoms with van der Waals surface area (Å²) in [6.45, 7) is 2.66. The molecule has 3 fully saturated rings. The number of hydrogen-bond acceptors (Lipinski definition) is 8. The van der Waals surface area contributed by atoms with Crippen molar-refractivity contribution in [1.82, 2.24) is 0 Å². The van der Waals surface area contributed by atoms with Crippen LogP contribution in [0.4, 0.5) is 0 Å². The first-order chi connectivity index (χ1) is 8.65. The van der Waals surface area contributed by atoms with Crippen molar-refractivity contribution in [2.75, 3.05) is 6.61 Å². The quantitative estimate of drug-likeness (QED) is 0.648. The first kappa shape index (κ1) is 13.2. The SMILES string of the molecule is CC1(C)O[C@H]2[C@@H]3OS(=O)(=O)OC[C@@H]3O[C@@]2(C(=O)O)O1. The van der Waals surface area contributed by atoms with Crippen LogP contribution in [0.15, 0.2) is 0 Å². The van der Waals surface area contributed by atoms with E-state index in [1.54, 1.807) is 0 Å². The standard InChI is InChI=1S/C9H12O9S/c1-8(2)16-6-5-4(3-14-19(12,13)17-5)15-9(6,18-8)7(10)11/h4-6H,3H2,1-2H3,(H,10,11)/t4-,5+,6-,9+/m0/s1. The van der Waals surface area contributed by atoms with Crippen molar-refractivity contribution in [1.29, 1.82) is 0 Å². The van der Waals surface area contributed by atoms with Crippen molar-refractivity contribution in [3.63, 3.8) is 0 Å². The molecule has 0 amide bonds. The highest BCUT2D eigenvalue weighted by Gasteiger charge is 2.71. The second kappa shape index (κ2) is 3.65. The molecule has 10 heteroatoms. The average Bonchev–Trinajstić information content (AvgIpc) is 2.67. The van der Waals surface area contributed by atoms with Crippen molar-refractivity contribution in [2.45, 2.75) is 43.7 Å². The van der Waals surface area contributed by atoms with Gasteiger partial charge in [-0.3, -0.25) is 0 Å².